The van der Waals surface area contributed by atoms with Gasteiger partial charge in [0, 0.05) is 18.7 Å². The van der Waals surface area contributed by atoms with Crippen molar-refractivity contribution in [3.8, 4) is 5.75 Å². The number of hydrogen-bond donors (Lipinski definition) is 2. The predicted molar refractivity (Wildman–Crippen MR) is 88.9 cm³/mol. The second kappa shape index (κ2) is 8.08. The van der Waals surface area contributed by atoms with Crippen molar-refractivity contribution < 1.29 is 9.53 Å². The van der Waals surface area contributed by atoms with Crippen LogP contribution in [0.25, 0.3) is 0 Å². The first-order chi connectivity index (χ1) is 10.7. The molecule has 4 nitrogen and oxygen atoms in total. The van der Waals surface area contributed by atoms with Crippen LogP contribution in [0.4, 0.5) is 5.69 Å². The number of nitrogens with two attached hydrogens (primary N) is 1. The molecule has 0 atom stereocenters. The number of hydrogen-bond acceptors (Lipinski definition) is 3. The standard InChI is InChI=1S/C18H22N2O2/c1-22-16-7-4-5-14(13-16)11-12-20-18(21)10-9-15-6-2-3-8-17(15)19/h2-8,13H,9-12,19H2,1H3,(H,20,21). The van der Waals surface area contributed by atoms with Crippen LogP contribution in [0.3, 0.4) is 0 Å². The van der Waals surface area contributed by atoms with Crippen molar-refractivity contribution in [2.24, 2.45) is 0 Å². The molecular formula is C18H22N2O2. The molecule has 116 valence electrons. The Morgan fingerprint density at radius 3 is 2.73 bits per heavy atom. The Hall–Kier alpha value is -2.49. The Morgan fingerprint density at radius 1 is 1.14 bits per heavy atom. The zero-order valence-electron chi connectivity index (χ0n) is 12.8. The van der Waals surface area contributed by atoms with Gasteiger partial charge in [0.15, 0.2) is 0 Å². The van der Waals surface area contributed by atoms with Crippen LogP contribution in [-0.2, 0) is 17.6 Å². The van der Waals surface area contributed by atoms with Crippen molar-refractivity contribution >= 4 is 11.6 Å². The van der Waals surface area contributed by atoms with Gasteiger partial charge < -0.3 is 15.8 Å². The van der Waals surface area contributed by atoms with Crippen LogP contribution in [-0.4, -0.2) is 19.6 Å². The number of carbonyl (C=O) groups is 1. The number of nitrogens with one attached hydrogen (secondary N) is 1. The van der Waals surface area contributed by atoms with Gasteiger partial charge >= 0.3 is 0 Å². The molecule has 0 saturated carbocycles. The van der Waals surface area contributed by atoms with Crippen LogP contribution in [0.2, 0.25) is 0 Å². The third-order valence-electron chi connectivity index (χ3n) is 3.55. The van der Waals surface area contributed by atoms with E-state index >= 15 is 0 Å². The summed E-state index contributed by atoms with van der Waals surface area (Å²) in [7, 11) is 1.65. The number of anilines is 1. The van der Waals surface area contributed by atoms with E-state index in [0.717, 1.165) is 29.0 Å². The molecule has 4 heteroatoms. The monoisotopic (exact) mass is 298 g/mol. The summed E-state index contributed by atoms with van der Waals surface area (Å²) in [5.41, 5.74) is 8.77. The number of carbonyl (C=O) groups excluding carboxylic acids is 1. The number of amides is 1. The SMILES string of the molecule is COc1cccc(CCNC(=O)CCc2ccccc2N)c1. The maximum Gasteiger partial charge on any atom is 0.220 e. The highest BCUT2D eigenvalue weighted by molar-refractivity contribution is 5.76. The Kier molecular flexibility index (Phi) is 5.83. The molecular weight excluding hydrogens is 276 g/mol. The lowest BCUT2D eigenvalue weighted by Gasteiger charge is -2.08. The van der Waals surface area contributed by atoms with Crippen molar-refractivity contribution in [2.75, 3.05) is 19.4 Å². The van der Waals surface area contributed by atoms with Gasteiger partial charge in [0.25, 0.3) is 0 Å². The smallest absolute Gasteiger partial charge is 0.220 e. The fraction of sp³-hybridized carbons (Fsp3) is 0.278. The number of aryl methyl sites for hydroxylation is 1. The normalized spacial score (nSPS) is 10.2. The molecule has 3 N–H and O–H groups in total. The van der Waals surface area contributed by atoms with E-state index in [0.29, 0.717) is 19.4 Å². The van der Waals surface area contributed by atoms with Crippen LogP contribution in [0.1, 0.15) is 17.5 Å². The summed E-state index contributed by atoms with van der Waals surface area (Å²) in [6.07, 6.45) is 1.90. The summed E-state index contributed by atoms with van der Waals surface area (Å²) >= 11 is 0. The first kappa shape index (κ1) is 15.9. The molecule has 0 fully saturated rings. The van der Waals surface area contributed by atoms with E-state index in [2.05, 4.69) is 5.32 Å². The van der Waals surface area contributed by atoms with E-state index < -0.39 is 0 Å². The Morgan fingerprint density at radius 2 is 1.95 bits per heavy atom. The lowest BCUT2D eigenvalue weighted by atomic mass is 10.1. The average Bonchev–Trinajstić information content (AvgIpc) is 2.54. The molecule has 0 aliphatic heterocycles. The van der Waals surface area contributed by atoms with Gasteiger partial charge in [-0.2, -0.15) is 0 Å². The minimum atomic E-state index is 0.0474. The van der Waals surface area contributed by atoms with E-state index in [4.69, 9.17) is 10.5 Å². The number of nitrogen functional groups attached to an aromatic ring is 1. The van der Waals surface area contributed by atoms with Gasteiger partial charge in [0.05, 0.1) is 7.11 Å². The summed E-state index contributed by atoms with van der Waals surface area (Å²) in [6, 6.07) is 15.5. The molecule has 1 amide bonds. The summed E-state index contributed by atoms with van der Waals surface area (Å²) in [5.74, 6) is 0.884. The van der Waals surface area contributed by atoms with Gasteiger partial charge in [-0.25, -0.2) is 0 Å². The molecule has 0 aliphatic carbocycles. The lowest BCUT2D eigenvalue weighted by Crippen LogP contribution is -2.25. The van der Waals surface area contributed by atoms with Crippen molar-refractivity contribution in [3.63, 3.8) is 0 Å². The second-order valence-electron chi connectivity index (χ2n) is 5.15. The van der Waals surface area contributed by atoms with Gasteiger partial charge in [-0.15, -0.1) is 0 Å². The zero-order valence-corrected chi connectivity index (χ0v) is 12.8. The van der Waals surface area contributed by atoms with E-state index in [9.17, 15) is 4.79 Å². The van der Waals surface area contributed by atoms with Crippen LogP contribution >= 0.6 is 0 Å². The maximum atomic E-state index is 11.9. The first-order valence-electron chi connectivity index (χ1n) is 7.42. The number of ether oxygens (including phenoxy) is 1. The molecule has 22 heavy (non-hydrogen) atoms. The number of benzene rings is 2. The summed E-state index contributed by atoms with van der Waals surface area (Å²) < 4.78 is 5.18. The topological polar surface area (TPSA) is 64.3 Å². The second-order valence-corrected chi connectivity index (χ2v) is 5.15. The highest BCUT2D eigenvalue weighted by Crippen LogP contribution is 2.13. The highest BCUT2D eigenvalue weighted by Gasteiger charge is 2.04. The molecule has 0 saturated heterocycles. The molecule has 0 spiro atoms. The van der Waals surface area contributed by atoms with Crippen LogP contribution in [0, 0.1) is 0 Å². The summed E-state index contributed by atoms with van der Waals surface area (Å²) in [4.78, 5) is 11.9. The minimum Gasteiger partial charge on any atom is -0.497 e. The van der Waals surface area contributed by atoms with E-state index in [1.54, 1.807) is 7.11 Å². The Bertz CT molecular complexity index is 626. The minimum absolute atomic E-state index is 0.0474. The van der Waals surface area contributed by atoms with Gasteiger partial charge in [-0.05, 0) is 42.2 Å². The number of para-hydroxylation sites is 1. The molecule has 0 bridgehead atoms. The lowest BCUT2D eigenvalue weighted by molar-refractivity contribution is -0.121. The third kappa shape index (κ3) is 4.81. The first-order valence-corrected chi connectivity index (χ1v) is 7.42. The number of methoxy groups -OCH3 is 1. The number of rotatable bonds is 7. The predicted octanol–water partition coefficient (Wildman–Crippen LogP) is 2.57. The Balaban J connectivity index is 1.72. The molecule has 2 rings (SSSR count). The van der Waals surface area contributed by atoms with Crippen LogP contribution in [0.5, 0.6) is 5.75 Å². The fourth-order valence-corrected chi connectivity index (χ4v) is 2.27. The van der Waals surface area contributed by atoms with E-state index in [1.807, 2.05) is 48.5 Å². The fourth-order valence-electron chi connectivity index (χ4n) is 2.27. The molecule has 2 aromatic rings. The summed E-state index contributed by atoms with van der Waals surface area (Å²) in [5, 5.41) is 2.94. The van der Waals surface area contributed by atoms with Gasteiger partial charge in [0.2, 0.25) is 5.91 Å². The molecule has 0 aromatic heterocycles. The van der Waals surface area contributed by atoms with Gasteiger partial charge in [0.1, 0.15) is 5.75 Å². The van der Waals surface area contributed by atoms with Crippen LogP contribution in [0.15, 0.2) is 48.5 Å². The van der Waals surface area contributed by atoms with Crippen molar-refractivity contribution in [3.05, 3.63) is 59.7 Å². The van der Waals surface area contributed by atoms with Crippen molar-refractivity contribution in [1.82, 2.24) is 5.32 Å². The zero-order chi connectivity index (χ0) is 15.8. The molecule has 0 unspecified atom stereocenters. The average molecular weight is 298 g/mol. The van der Waals surface area contributed by atoms with Crippen LogP contribution < -0.4 is 15.8 Å². The molecule has 0 heterocycles. The largest absolute Gasteiger partial charge is 0.497 e. The molecule has 0 radical (unpaired) electrons. The third-order valence-corrected chi connectivity index (χ3v) is 3.55. The van der Waals surface area contributed by atoms with Gasteiger partial charge in [-0.1, -0.05) is 30.3 Å². The maximum absolute atomic E-state index is 11.9. The van der Waals surface area contributed by atoms with Crippen molar-refractivity contribution in [1.29, 1.82) is 0 Å². The quantitative estimate of drug-likeness (QED) is 0.772. The molecule has 0 aliphatic rings. The van der Waals surface area contributed by atoms with E-state index in [1.165, 1.54) is 0 Å². The summed E-state index contributed by atoms with van der Waals surface area (Å²) in [6.45, 7) is 0.621. The van der Waals surface area contributed by atoms with E-state index in [-0.39, 0.29) is 5.91 Å². The Labute approximate surface area is 131 Å². The van der Waals surface area contributed by atoms with Crippen molar-refractivity contribution in [2.45, 2.75) is 19.3 Å². The highest BCUT2D eigenvalue weighted by atomic mass is 16.5. The molecule has 2 aromatic carbocycles. The van der Waals surface area contributed by atoms with Gasteiger partial charge in [-0.3, -0.25) is 4.79 Å².